The summed E-state index contributed by atoms with van der Waals surface area (Å²) < 4.78 is 0. The predicted molar refractivity (Wildman–Crippen MR) is 82.3 cm³/mol. The fraction of sp³-hybridized carbons (Fsp3) is 0.533. The van der Waals surface area contributed by atoms with Gasteiger partial charge in [-0.25, -0.2) is 0 Å². The summed E-state index contributed by atoms with van der Waals surface area (Å²) in [5, 5.41) is 3.85. The molecule has 1 aliphatic rings. The third kappa shape index (κ3) is 4.16. The molecule has 2 rings (SSSR count). The number of carbonyl (C=O) groups is 1. The zero-order valence-corrected chi connectivity index (χ0v) is 12.2. The molecule has 1 saturated carbocycles. The second kappa shape index (κ2) is 6.85. The van der Waals surface area contributed by atoms with Crippen LogP contribution in [-0.4, -0.2) is 23.0 Å². The number of hydrogen-bond donors (Lipinski definition) is 2. The van der Waals surface area contributed by atoms with Gasteiger partial charge >= 0.3 is 0 Å². The van der Waals surface area contributed by atoms with Crippen LogP contribution >= 0.6 is 11.8 Å². The molecule has 3 nitrogen and oxygen atoms in total. The molecule has 4 heteroatoms. The van der Waals surface area contributed by atoms with E-state index in [0.29, 0.717) is 18.2 Å². The van der Waals surface area contributed by atoms with E-state index in [2.05, 4.69) is 12.2 Å². The Kier molecular flexibility index (Phi) is 5.14. The molecule has 0 saturated heterocycles. The van der Waals surface area contributed by atoms with Crippen LogP contribution in [-0.2, 0) is 11.2 Å². The Labute approximate surface area is 119 Å². The Hall–Kier alpha value is -1.16. The van der Waals surface area contributed by atoms with Crippen molar-refractivity contribution in [3.8, 4) is 0 Å². The molecule has 3 N–H and O–H groups in total. The summed E-state index contributed by atoms with van der Waals surface area (Å²) in [6.45, 7) is 2.19. The molecule has 0 bridgehead atoms. The van der Waals surface area contributed by atoms with Crippen molar-refractivity contribution >= 4 is 23.4 Å². The number of nitrogens with one attached hydrogen (secondary N) is 1. The van der Waals surface area contributed by atoms with Crippen molar-refractivity contribution in [3.05, 3.63) is 29.8 Å². The average Bonchev–Trinajstić information content (AvgIpc) is 2.80. The van der Waals surface area contributed by atoms with E-state index in [1.807, 2.05) is 36.0 Å². The fourth-order valence-electron chi connectivity index (χ4n) is 2.61. The minimum atomic E-state index is 0.0880. The van der Waals surface area contributed by atoms with E-state index in [1.54, 1.807) is 0 Å². The normalized spacial score (nSPS) is 22.4. The molecule has 1 aromatic carbocycles. The lowest BCUT2D eigenvalue weighted by atomic mass is 10.1. The number of benzene rings is 1. The van der Waals surface area contributed by atoms with Gasteiger partial charge in [-0.2, -0.15) is 11.8 Å². The van der Waals surface area contributed by atoms with Gasteiger partial charge in [-0.1, -0.05) is 25.1 Å². The first-order chi connectivity index (χ1) is 9.19. The Balaban J connectivity index is 1.81. The van der Waals surface area contributed by atoms with Gasteiger partial charge in [-0.3, -0.25) is 4.79 Å². The Morgan fingerprint density at radius 3 is 2.95 bits per heavy atom. The molecule has 104 valence electrons. The number of nitrogens with two attached hydrogens (primary N) is 1. The van der Waals surface area contributed by atoms with Crippen LogP contribution in [0.15, 0.2) is 24.3 Å². The van der Waals surface area contributed by atoms with Crippen LogP contribution in [0.5, 0.6) is 0 Å². The first-order valence-corrected chi connectivity index (χ1v) is 7.98. The number of hydrogen-bond acceptors (Lipinski definition) is 3. The van der Waals surface area contributed by atoms with Crippen LogP contribution in [0, 0.1) is 0 Å². The largest absolute Gasteiger partial charge is 0.398 e. The second-order valence-electron chi connectivity index (χ2n) is 5.03. The number of thioether (sulfide) groups is 1. The van der Waals surface area contributed by atoms with Gasteiger partial charge in [0.1, 0.15) is 0 Å². The number of para-hydroxylation sites is 1. The highest BCUT2D eigenvalue weighted by atomic mass is 32.2. The molecule has 0 heterocycles. The van der Waals surface area contributed by atoms with Crippen LogP contribution < -0.4 is 11.1 Å². The number of carbonyl (C=O) groups excluding carboxylic acids is 1. The van der Waals surface area contributed by atoms with Gasteiger partial charge in [0, 0.05) is 17.0 Å². The molecule has 0 aliphatic heterocycles. The molecule has 1 aromatic rings. The molecule has 0 spiro atoms. The fourth-order valence-corrected chi connectivity index (χ4v) is 3.75. The van der Waals surface area contributed by atoms with Crippen LogP contribution in [0.25, 0.3) is 0 Å². The van der Waals surface area contributed by atoms with Crippen LogP contribution in [0.1, 0.15) is 31.7 Å². The number of amides is 1. The maximum Gasteiger partial charge on any atom is 0.224 e. The van der Waals surface area contributed by atoms with E-state index in [0.717, 1.165) is 29.4 Å². The quantitative estimate of drug-likeness (QED) is 0.814. The maximum absolute atomic E-state index is 12.0. The van der Waals surface area contributed by atoms with E-state index in [-0.39, 0.29) is 5.91 Å². The van der Waals surface area contributed by atoms with Crippen molar-refractivity contribution in [2.75, 3.05) is 11.5 Å². The topological polar surface area (TPSA) is 55.1 Å². The van der Waals surface area contributed by atoms with Gasteiger partial charge in [0.05, 0.1) is 6.42 Å². The van der Waals surface area contributed by atoms with E-state index < -0.39 is 0 Å². The summed E-state index contributed by atoms with van der Waals surface area (Å²) in [4.78, 5) is 12.0. The van der Waals surface area contributed by atoms with Gasteiger partial charge in [0.25, 0.3) is 0 Å². The standard InChI is InChI=1S/C15H22N2OS/c1-2-19-13-8-7-12(10-13)17-15(18)9-11-5-3-4-6-14(11)16/h3-6,12-13H,2,7-10,16H2,1H3,(H,17,18). The SMILES string of the molecule is CCSC1CCC(NC(=O)Cc2ccccc2N)C1. The molecule has 0 radical (unpaired) electrons. The number of anilines is 1. The molecule has 0 aromatic heterocycles. The number of nitrogen functional groups attached to an aromatic ring is 1. The minimum absolute atomic E-state index is 0.0880. The zero-order valence-electron chi connectivity index (χ0n) is 11.4. The molecule has 19 heavy (non-hydrogen) atoms. The van der Waals surface area contributed by atoms with Gasteiger partial charge < -0.3 is 11.1 Å². The highest BCUT2D eigenvalue weighted by Crippen LogP contribution is 2.29. The van der Waals surface area contributed by atoms with Crippen molar-refractivity contribution in [2.24, 2.45) is 0 Å². The minimum Gasteiger partial charge on any atom is -0.398 e. The summed E-state index contributed by atoms with van der Waals surface area (Å²) in [5.41, 5.74) is 7.47. The highest BCUT2D eigenvalue weighted by molar-refractivity contribution is 7.99. The molecule has 1 aliphatic carbocycles. The van der Waals surface area contributed by atoms with Crippen molar-refractivity contribution in [3.63, 3.8) is 0 Å². The molecule has 2 atom stereocenters. The van der Waals surface area contributed by atoms with E-state index in [4.69, 9.17) is 5.73 Å². The summed E-state index contributed by atoms with van der Waals surface area (Å²) in [7, 11) is 0. The van der Waals surface area contributed by atoms with Crippen LogP contribution in [0.4, 0.5) is 5.69 Å². The van der Waals surface area contributed by atoms with Crippen molar-refractivity contribution in [2.45, 2.75) is 43.9 Å². The van der Waals surface area contributed by atoms with Gasteiger partial charge in [0.2, 0.25) is 5.91 Å². The first kappa shape index (κ1) is 14.3. The monoisotopic (exact) mass is 278 g/mol. The Morgan fingerprint density at radius 1 is 1.42 bits per heavy atom. The second-order valence-corrected chi connectivity index (χ2v) is 6.61. The predicted octanol–water partition coefficient (Wildman–Crippen LogP) is 2.60. The lowest BCUT2D eigenvalue weighted by Crippen LogP contribution is -2.34. The molecular weight excluding hydrogens is 256 g/mol. The highest BCUT2D eigenvalue weighted by Gasteiger charge is 2.25. The number of rotatable bonds is 5. The van der Waals surface area contributed by atoms with Crippen molar-refractivity contribution < 1.29 is 4.79 Å². The van der Waals surface area contributed by atoms with Gasteiger partial charge in [-0.05, 0) is 36.6 Å². The van der Waals surface area contributed by atoms with Crippen molar-refractivity contribution in [1.29, 1.82) is 0 Å². The van der Waals surface area contributed by atoms with Crippen LogP contribution in [0.2, 0.25) is 0 Å². The third-order valence-corrected chi connectivity index (χ3v) is 4.79. The molecule has 2 unspecified atom stereocenters. The third-order valence-electron chi connectivity index (χ3n) is 3.56. The Bertz CT molecular complexity index is 436. The summed E-state index contributed by atoms with van der Waals surface area (Å²) >= 11 is 2.00. The maximum atomic E-state index is 12.0. The lowest BCUT2D eigenvalue weighted by Gasteiger charge is -2.13. The van der Waals surface area contributed by atoms with E-state index in [9.17, 15) is 4.79 Å². The van der Waals surface area contributed by atoms with Crippen LogP contribution in [0.3, 0.4) is 0 Å². The lowest BCUT2D eigenvalue weighted by molar-refractivity contribution is -0.121. The summed E-state index contributed by atoms with van der Waals surface area (Å²) in [6.07, 6.45) is 3.81. The molecule has 1 amide bonds. The van der Waals surface area contributed by atoms with Crippen molar-refractivity contribution in [1.82, 2.24) is 5.32 Å². The summed E-state index contributed by atoms with van der Waals surface area (Å²) in [5.74, 6) is 1.25. The average molecular weight is 278 g/mol. The van der Waals surface area contributed by atoms with E-state index in [1.165, 1.54) is 6.42 Å². The molecular formula is C15H22N2OS. The molecule has 1 fully saturated rings. The smallest absolute Gasteiger partial charge is 0.224 e. The van der Waals surface area contributed by atoms with Gasteiger partial charge in [-0.15, -0.1) is 0 Å². The Morgan fingerprint density at radius 2 is 2.21 bits per heavy atom. The van der Waals surface area contributed by atoms with Gasteiger partial charge in [0.15, 0.2) is 0 Å². The first-order valence-electron chi connectivity index (χ1n) is 6.93. The summed E-state index contributed by atoms with van der Waals surface area (Å²) in [6, 6.07) is 7.91. The van der Waals surface area contributed by atoms with E-state index >= 15 is 0 Å². The zero-order chi connectivity index (χ0) is 13.7.